The number of carbonyl (C=O) groups excluding carboxylic acids is 2. The molecule has 114 valence electrons. The topological polar surface area (TPSA) is 52.7 Å². The van der Waals surface area contributed by atoms with Gasteiger partial charge in [-0.2, -0.15) is 0 Å². The zero-order valence-corrected chi connectivity index (χ0v) is 12.7. The molecule has 0 unspecified atom stereocenters. The summed E-state index contributed by atoms with van der Waals surface area (Å²) >= 11 is 0. The Hall–Kier alpha value is -2.04. The third-order valence-corrected chi connectivity index (χ3v) is 3.93. The highest BCUT2D eigenvalue weighted by Gasteiger charge is 2.29. The first kappa shape index (κ1) is 15.4. The van der Waals surface area contributed by atoms with Crippen molar-refractivity contribution in [2.75, 3.05) is 20.1 Å². The van der Waals surface area contributed by atoms with Crippen LogP contribution in [0.1, 0.15) is 25.3 Å². The van der Waals surface area contributed by atoms with Crippen LogP contribution in [0.25, 0.3) is 0 Å². The van der Waals surface area contributed by atoms with Crippen molar-refractivity contribution in [3.05, 3.63) is 35.9 Å². The molecule has 1 fully saturated rings. The van der Waals surface area contributed by atoms with E-state index in [0.29, 0.717) is 13.1 Å². The van der Waals surface area contributed by atoms with Crippen LogP contribution in [0.2, 0.25) is 0 Å². The average Bonchev–Trinajstić information content (AvgIpc) is 2.95. The number of amides is 3. The number of carbonyl (C=O) groups is 2. The summed E-state index contributed by atoms with van der Waals surface area (Å²) in [5.41, 5.74) is 1.09. The Morgan fingerprint density at radius 3 is 2.67 bits per heavy atom. The number of hydrogen-bond donors (Lipinski definition) is 1. The van der Waals surface area contributed by atoms with Gasteiger partial charge in [-0.15, -0.1) is 0 Å². The van der Waals surface area contributed by atoms with Gasteiger partial charge in [0.25, 0.3) is 0 Å². The molecule has 0 saturated carbocycles. The lowest BCUT2D eigenvalue weighted by molar-refractivity contribution is -0.129. The van der Waals surface area contributed by atoms with Gasteiger partial charge in [0, 0.05) is 39.6 Å². The molecule has 1 atom stereocenters. The van der Waals surface area contributed by atoms with Gasteiger partial charge in [0.15, 0.2) is 0 Å². The van der Waals surface area contributed by atoms with Gasteiger partial charge in [-0.05, 0) is 18.4 Å². The summed E-state index contributed by atoms with van der Waals surface area (Å²) in [6.45, 7) is 3.53. The minimum Gasteiger partial charge on any atom is -0.341 e. The Morgan fingerprint density at radius 2 is 2.05 bits per heavy atom. The molecular weight excluding hydrogens is 266 g/mol. The standard InChI is InChI=1S/C16H23N3O2/c1-13(20)19-10-6-9-15(19)12-18(16(21)17-2)11-14-7-4-3-5-8-14/h3-5,7-8,15H,6,9-12H2,1-2H3,(H,17,21)/t15-/m0/s1. The Morgan fingerprint density at radius 1 is 1.33 bits per heavy atom. The molecule has 1 N–H and O–H groups in total. The summed E-state index contributed by atoms with van der Waals surface area (Å²) < 4.78 is 0. The molecule has 1 saturated heterocycles. The maximum atomic E-state index is 12.1. The van der Waals surface area contributed by atoms with Gasteiger partial charge >= 0.3 is 6.03 Å². The van der Waals surface area contributed by atoms with Crippen LogP contribution in [0.5, 0.6) is 0 Å². The van der Waals surface area contributed by atoms with Crippen molar-refractivity contribution in [2.45, 2.75) is 32.4 Å². The third-order valence-electron chi connectivity index (χ3n) is 3.93. The van der Waals surface area contributed by atoms with Gasteiger partial charge in [-0.1, -0.05) is 30.3 Å². The van der Waals surface area contributed by atoms with Crippen LogP contribution < -0.4 is 5.32 Å². The highest BCUT2D eigenvalue weighted by Crippen LogP contribution is 2.19. The fourth-order valence-corrected chi connectivity index (χ4v) is 2.88. The van der Waals surface area contributed by atoms with Crippen molar-refractivity contribution >= 4 is 11.9 Å². The highest BCUT2D eigenvalue weighted by atomic mass is 16.2. The van der Waals surface area contributed by atoms with E-state index >= 15 is 0 Å². The summed E-state index contributed by atoms with van der Waals surface area (Å²) in [5.74, 6) is 0.0917. The molecule has 0 spiro atoms. The van der Waals surface area contributed by atoms with Crippen molar-refractivity contribution in [1.82, 2.24) is 15.1 Å². The Balaban J connectivity index is 2.06. The van der Waals surface area contributed by atoms with Crippen LogP contribution in [0.4, 0.5) is 4.79 Å². The quantitative estimate of drug-likeness (QED) is 0.919. The Labute approximate surface area is 125 Å². The molecule has 5 nitrogen and oxygen atoms in total. The van der Waals surface area contributed by atoms with Gasteiger partial charge in [0.2, 0.25) is 5.91 Å². The normalized spacial score (nSPS) is 17.6. The second kappa shape index (κ2) is 7.11. The number of rotatable bonds is 4. The first-order chi connectivity index (χ1) is 10.1. The van der Waals surface area contributed by atoms with Gasteiger partial charge < -0.3 is 15.1 Å². The van der Waals surface area contributed by atoms with Crippen molar-refractivity contribution < 1.29 is 9.59 Å². The van der Waals surface area contributed by atoms with Crippen molar-refractivity contribution in [3.8, 4) is 0 Å². The van der Waals surface area contributed by atoms with Crippen molar-refractivity contribution in [2.24, 2.45) is 0 Å². The van der Waals surface area contributed by atoms with Crippen molar-refractivity contribution in [1.29, 1.82) is 0 Å². The van der Waals surface area contributed by atoms with E-state index in [1.165, 1.54) is 0 Å². The second-order valence-electron chi connectivity index (χ2n) is 5.43. The number of hydrogen-bond acceptors (Lipinski definition) is 2. The van der Waals surface area contributed by atoms with Crippen LogP contribution in [0, 0.1) is 0 Å². The lowest BCUT2D eigenvalue weighted by Crippen LogP contribution is -2.46. The molecule has 1 heterocycles. The minimum absolute atomic E-state index is 0.0917. The van der Waals surface area contributed by atoms with Gasteiger partial charge in [-0.3, -0.25) is 4.79 Å². The largest absolute Gasteiger partial charge is 0.341 e. The van der Waals surface area contributed by atoms with Crippen LogP contribution in [0.15, 0.2) is 30.3 Å². The van der Waals surface area contributed by atoms with E-state index in [4.69, 9.17) is 0 Å². The van der Waals surface area contributed by atoms with Crippen LogP contribution in [0.3, 0.4) is 0 Å². The van der Waals surface area contributed by atoms with Crippen LogP contribution in [-0.2, 0) is 11.3 Å². The van der Waals surface area contributed by atoms with E-state index in [1.54, 1.807) is 18.9 Å². The molecule has 0 radical (unpaired) electrons. The van der Waals surface area contributed by atoms with Gasteiger partial charge in [0.05, 0.1) is 0 Å². The molecule has 1 aliphatic rings. The number of nitrogens with one attached hydrogen (secondary N) is 1. The van der Waals surface area contributed by atoms with Gasteiger partial charge in [-0.25, -0.2) is 4.79 Å². The highest BCUT2D eigenvalue weighted by molar-refractivity contribution is 5.75. The maximum Gasteiger partial charge on any atom is 0.317 e. The average molecular weight is 289 g/mol. The fraction of sp³-hybridized carbons (Fsp3) is 0.500. The Kier molecular flexibility index (Phi) is 5.20. The molecule has 2 rings (SSSR count). The molecule has 0 aromatic heterocycles. The van der Waals surface area contributed by atoms with E-state index in [1.807, 2.05) is 35.2 Å². The van der Waals surface area contributed by atoms with E-state index < -0.39 is 0 Å². The van der Waals surface area contributed by atoms with E-state index in [2.05, 4.69) is 5.32 Å². The van der Waals surface area contributed by atoms with E-state index in [0.717, 1.165) is 24.9 Å². The number of nitrogens with zero attached hydrogens (tertiary/aromatic N) is 2. The second-order valence-corrected chi connectivity index (χ2v) is 5.43. The number of urea groups is 1. The molecule has 3 amide bonds. The monoisotopic (exact) mass is 289 g/mol. The predicted octanol–water partition coefficient (Wildman–Crippen LogP) is 1.84. The van der Waals surface area contributed by atoms with Crippen LogP contribution in [-0.4, -0.2) is 47.9 Å². The van der Waals surface area contributed by atoms with E-state index in [-0.39, 0.29) is 18.0 Å². The molecule has 1 aromatic carbocycles. The summed E-state index contributed by atoms with van der Waals surface area (Å²) in [4.78, 5) is 27.4. The van der Waals surface area contributed by atoms with Gasteiger partial charge in [0.1, 0.15) is 0 Å². The zero-order valence-electron chi connectivity index (χ0n) is 12.7. The summed E-state index contributed by atoms with van der Waals surface area (Å²) in [6, 6.07) is 9.93. The van der Waals surface area contributed by atoms with Crippen molar-refractivity contribution in [3.63, 3.8) is 0 Å². The van der Waals surface area contributed by atoms with E-state index in [9.17, 15) is 9.59 Å². The Bertz CT molecular complexity index is 490. The summed E-state index contributed by atoms with van der Waals surface area (Å²) in [5, 5.41) is 2.69. The smallest absolute Gasteiger partial charge is 0.317 e. The fourth-order valence-electron chi connectivity index (χ4n) is 2.88. The predicted molar refractivity (Wildman–Crippen MR) is 81.7 cm³/mol. The molecule has 5 heteroatoms. The lowest BCUT2D eigenvalue weighted by atomic mass is 10.1. The molecule has 1 aromatic rings. The zero-order chi connectivity index (χ0) is 15.2. The summed E-state index contributed by atoms with van der Waals surface area (Å²) in [7, 11) is 1.64. The first-order valence-corrected chi connectivity index (χ1v) is 7.39. The molecule has 1 aliphatic heterocycles. The maximum absolute atomic E-state index is 12.1. The molecule has 21 heavy (non-hydrogen) atoms. The lowest BCUT2D eigenvalue weighted by Gasteiger charge is -2.30. The molecule has 0 bridgehead atoms. The summed E-state index contributed by atoms with van der Waals surface area (Å²) in [6.07, 6.45) is 1.97. The minimum atomic E-state index is -0.103. The molecular formula is C16H23N3O2. The first-order valence-electron chi connectivity index (χ1n) is 7.39. The number of benzene rings is 1. The van der Waals surface area contributed by atoms with Crippen LogP contribution >= 0.6 is 0 Å². The molecule has 0 aliphatic carbocycles. The third kappa shape index (κ3) is 3.97. The SMILES string of the molecule is CNC(=O)N(Cc1ccccc1)C[C@@H]1CCCN1C(C)=O. The number of likely N-dealkylation sites (tertiary alicyclic amines) is 1.